The van der Waals surface area contributed by atoms with Gasteiger partial charge in [-0.25, -0.2) is 9.97 Å². The van der Waals surface area contributed by atoms with E-state index in [4.69, 9.17) is 24.1 Å². The molecule has 4 aromatic heterocycles. The summed E-state index contributed by atoms with van der Waals surface area (Å²) in [5.74, 6) is 1.07. The molecule has 0 spiro atoms. The van der Waals surface area contributed by atoms with Crippen molar-refractivity contribution < 1.29 is 9.15 Å². The Morgan fingerprint density at radius 2 is 1.45 bits per heavy atom. The molecule has 0 radical (unpaired) electrons. The minimum absolute atomic E-state index is 0.129. The summed E-state index contributed by atoms with van der Waals surface area (Å²) in [6, 6.07) is 28.8. The molecule has 0 saturated heterocycles. The molecular weight excluding hydrogens is 518 g/mol. The van der Waals surface area contributed by atoms with Crippen LogP contribution in [0.2, 0.25) is 0 Å². The van der Waals surface area contributed by atoms with Crippen molar-refractivity contribution in [1.29, 1.82) is 0 Å². The number of benzene rings is 3. The number of hydrogen-bond acceptors (Lipinski definition) is 5. The smallest absolute Gasteiger partial charge is 0.225 e. The van der Waals surface area contributed by atoms with Crippen LogP contribution < -0.4 is 4.74 Å². The van der Waals surface area contributed by atoms with Gasteiger partial charge < -0.3 is 9.15 Å². The summed E-state index contributed by atoms with van der Waals surface area (Å²) in [5, 5.41) is 3.19. The normalized spacial score (nSPS) is 12.5. The van der Waals surface area contributed by atoms with Crippen LogP contribution in [-0.2, 0) is 10.8 Å². The van der Waals surface area contributed by atoms with Crippen molar-refractivity contribution in [2.75, 3.05) is 0 Å². The van der Waals surface area contributed by atoms with E-state index in [0.717, 1.165) is 66.5 Å². The van der Waals surface area contributed by atoms with Crippen molar-refractivity contribution in [3.8, 4) is 34.3 Å². The molecule has 4 heterocycles. The zero-order chi connectivity index (χ0) is 29.2. The van der Waals surface area contributed by atoms with Crippen LogP contribution >= 0.6 is 0 Å². The lowest BCUT2D eigenvalue weighted by Gasteiger charge is -2.24. The lowest BCUT2D eigenvalue weighted by molar-refractivity contribution is 0.421. The molecule has 0 unspecified atom stereocenters. The monoisotopic (exact) mass is 551 g/mol. The summed E-state index contributed by atoms with van der Waals surface area (Å²) in [6.45, 7) is 13.1. The fraction of sp³-hybridized carbons (Fsp3) is 0.216. The first-order valence-corrected chi connectivity index (χ1v) is 14.4. The Hall–Kier alpha value is -4.77. The Balaban J connectivity index is 1.38. The Kier molecular flexibility index (Phi) is 5.84. The molecule has 0 bridgehead atoms. The van der Waals surface area contributed by atoms with E-state index in [2.05, 4.69) is 84.0 Å². The van der Waals surface area contributed by atoms with Crippen LogP contribution in [0.25, 0.3) is 55.4 Å². The second-order valence-corrected chi connectivity index (χ2v) is 13.0. The molecule has 208 valence electrons. The predicted octanol–water partition coefficient (Wildman–Crippen LogP) is 10.1. The number of furan rings is 1. The van der Waals surface area contributed by atoms with E-state index in [1.54, 1.807) is 0 Å². The minimum Gasteiger partial charge on any atom is -0.456 e. The molecule has 0 fully saturated rings. The molecular formula is C37H33N3O2. The zero-order valence-electron chi connectivity index (χ0n) is 24.8. The van der Waals surface area contributed by atoms with Crippen molar-refractivity contribution in [2.24, 2.45) is 0 Å². The summed E-state index contributed by atoms with van der Waals surface area (Å²) in [6.07, 6.45) is 1.92. The van der Waals surface area contributed by atoms with Gasteiger partial charge in [0.2, 0.25) is 11.8 Å². The molecule has 0 atom stereocenters. The van der Waals surface area contributed by atoms with Gasteiger partial charge in [-0.1, -0.05) is 84.0 Å². The highest BCUT2D eigenvalue weighted by molar-refractivity contribution is 6.21. The molecule has 0 N–H and O–H groups in total. The summed E-state index contributed by atoms with van der Waals surface area (Å²) in [5.41, 5.74) is 8.11. The van der Waals surface area contributed by atoms with Gasteiger partial charge in [-0.05, 0) is 52.8 Å². The van der Waals surface area contributed by atoms with Gasteiger partial charge in [0, 0.05) is 39.7 Å². The second-order valence-electron chi connectivity index (χ2n) is 13.0. The van der Waals surface area contributed by atoms with E-state index >= 15 is 0 Å². The van der Waals surface area contributed by atoms with Crippen LogP contribution in [0.15, 0.2) is 95.5 Å². The minimum atomic E-state index is -0.171. The molecule has 0 aliphatic carbocycles. The van der Waals surface area contributed by atoms with Crippen molar-refractivity contribution in [2.45, 2.75) is 52.4 Å². The molecule has 0 aliphatic heterocycles. The third kappa shape index (κ3) is 4.55. The first-order valence-electron chi connectivity index (χ1n) is 14.4. The van der Waals surface area contributed by atoms with Crippen molar-refractivity contribution in [3.63, 3.8) is 0 Å². The highest BCUT2D eigenvalue weighted by Gasteiger charge is 2.24. The fourth-order valence-corrected chi connectivity index (χ4v) is 5.55. The SMILES string of the molecule is CC(C)(C)c1cc(Oc2nc(-c3ccccc3)ccc2C(C)(C)C)nc(-c2cc3cnc4cccc5oc(c2)c3c45)c1. The van der Waals surface area contributed by atoms with Crippen LogP contribution in [-0.4, -0.2) is 15.0 Å². The fourth-order valence-electron chi connectivity index (χ4n) is 5.55. The maximum Gasteiger partial charge on any atom is 0.225 e. The quantitative estimate of drug-likeness (QED) is 0.204. The molecule has 42 heavy (non-hydrogen) atoms. The molecule has 0 saturated carbocycles. The Morgan fingerprint density at radius 1 is 0.643 bits per heavy atom. The van der Waals surface area contributed by atoms with E-state index in [0.29, 0.717) is 11.8 Å². The maximum atomic E-state index is 6.63. The predicted molar refractivity (Wildman–Crippen MR) is 171 cm³/mol. The third-order valence-electron chi connectivity index (χ3n) is 7.85. The van der Waals surface area contributed by atoms with Crippen LogP contribution in [0, 0.1) is 0 Å². The third-order valence-corrected chi connectivity index (χ3v) is 7.85. The van der Waals surface area contributed by atoms with Crippen molar-refractivity contribution in [1.82, 2.24) is 15.0 Å². The number of pyridine rings is 3. The van der Waals surface area contributed by atoms with E-state index in [1.165, 1.54) is 0 Å². The summed E-state index contributed by atoms with van der Waals surface area (Å²) < 4.78 is 12.9. The highest BCUT2D eigenvalue weighted by Crippen LogP contribution is 2.40. The maximum absolute atomic E-state index is 6.63. The van der Waals surface area contributed by atoms with Crippen LogP contribution in [0.1, 0.15) is 52.7 Å². The summed E-state index contributed by atoms with van der Waals surface area (Å²) in [4.78, 5) is 14.7. The lowest BCUT2D eigenvalue weighted by Crippen LogP contribution is -2.15. The molecule has 3 aromatic carbocycles. The van der Waals surface area contributed by atoms with E-state index in [9.17, 15) is 0 Å². The first kappa shape index (κ1) is 26.1. The highest BCUT2D eigenvalue weighted by atomic mass is 16.5. The topological polar surface area (TPSA) is 61.0 Å². The van der Waals surface area contributed by atoms with Gasteiger partial charge in [-0.2, -0.15) is 0 Å². The molecule has 0 amide bonds. The molecule has 5 nitrogen and oxygen atoms in total. The Bertz CT molecular complexity index is 2080. The van der Waals surface area contributed by atoms with Crippen LogP contribution in [0.5, 0.6) is 11.8 Å². The van der Waals surface area contributed by atoms with E-state index in [-0.39, 0.29) is 10.8 Å². The Labute approximate surface area is 245 Å². The molecule has 7 rings (SSSR count). The lowest BCUT2D eigenvalue weighted by atomic mass is 9.86. The van der Waals surface area contributed by atoms with Crippen LogP contribution in [0.4, 0.5) is 0 Å². The van der Waals surface area contributed by atoms with Gasteiger partial charge in [-0.15, -0.1) is 0 Å². The average molecular weight is 552 g/mol. The number of hydrogen-bond donors (Lipinski definition) is 0. The van der Waals surface area contributed by atoms with Gasteiger partial charge >= 0.3 is 0 Å². The molecule has 0 aliphatic rings. The van der Waals surface area contributed by atoms with Crippen LogP contribution in [0.3, 0.4) is 0 Å². The number of aromatic nitrogens is 3. The first-order chi connectivity index (χ1) is 20.0. The number of nitrogens with zero attached hydrogens (tertiary/aromatic N) is 3. The van der Waals surface area contributed by atoms with Gasteiger partial charge in [0.1, 0.15) is 11.2 Å². The van der Waals surface area contributed by atoms with E-state index < -0.39 is 0 Å². The number of ether oxygens (including phenoxy) is 1. The van der Waals surface area contributed by atoms with Gasteiger partial charge in [0.25, 0.3) is 0 Å². The molecule has 7 aromatic rings. The largest absolute Gasteiger partial charge is 0.456 e. The van der Waals surface area contributed by atoms with Gasteiger partial charge in [0.15, 0.2) is 0 Å². The average Bonchev–Trinajstić information content (AvgIpc) is 3.35. The van der Waals surface area contributed by atoms with E-state index in [1.807, 2.05) is 48.7 Å². The summed E-state index contributed by atoms with van der Waals surface area (Å²) >= 11 is 0. The van der Waals surface area contributed by atoms with Crippen molar-refractivity contribution >= 4 is 32.8 Å². The summed E-state index contributed by atoms with van der Waals surface area (Å²) in [7, 11) is 0. The van der Waals surface area contributed by atoms with Gasteiger partial charge in [0.05, 0.1) is 22.3 Å². The van der Waals surface area contributed by atoms with Crippen molar-refractivity contribution in [3.05, 3.63) is 102 Å². The zero-order valence-corrected chi connectivity index (χ0v) is 24.8. The standard InChI is InChI=1S/C37H33N3O2/c1-36(2,3)25-19-29(23-17-24-21-38-28-13-10-14-30-34(28)33(24)31(18-23)41-30)39-32(20-25)42-35-26(37(4,5)6)15-16-27(40-35)22-11-8-7-9-12-22/h7-21H,1-6H3. The van der Waals surface area contributed by atoms with Gasteiger partial charge in [-0.3, -0.25) is 4.98 Å². The molecule has 5 heteroatoms. The number of rotatable bonds is 4. The second kappa shape index (κ2) is 9.38. The Morgan fingerprint density at radius 3 is 2.21 bits per heavy atom.